The van der Waals surface area contributed by atoms with Crippen LogP contribution in [0.5, 0.6) is 0 Å². The molecule has 2 atom stereocenters. The van der Waals surface area contributed by atoms with E-state index in [1.165, 1.54) is 0 Å². The van der Waals surface area contributed by atoms with E-state index in [0.717, 1.165) is 32.6 Å². The van der Waals surface area contributed by atoms with Crippen LogP contribution in [-0.4, -0.2) is 37.0 Å². The van der Waals surface area contributed by atoms with Gasteiger partial charge in [-0.2, -0.15) is 0 Å². The van der Waals surface area contributed by atoms with Crippen molar-refractivity contribution in [2.24, 2.45) is 11.8 Å². The van der Waals surface area contributed by atoms with Crippen molar-refractivity contribution in [3.63, 3.8) is 0 Å². The van der Waals surface area contributed by atoms with E-state index in [1.54, 1.807) is 0 Å². The Morgan fingerprint density at radius 1 is 1.53 bits per heavy atom. The van der Waals surface area contributed by atoms with Gasteiger partial charge in [0.05, 0.1) is 12.2 Å². The Kier molecular flexibility index (Phi) is 5.03. The maximum atomic E-state index is 10.1. The summed E-state index contributed by atoms with van der Waals surface area (Å²) < 4.78 is 5.30. The molecule has 1 heterocycles. The SMILES string of the molecule is CC(C)CC(C)(O)CNCC1CCOC1. The van der Waals surface area contributed by atoms with Gasteiger partial charge in [0.25, 0.3) is 0 Å². The van der Waals surface area contributed by atoms with Gasteiger partial charge in [0.2, 0.25) is 0 Å². The Morgan fingerprint density at radius 2 is 2.27 bits per heavy atom. The lowest BCUT2D eigenvalue weighted by Crippen LogP contribution is -2.40. The summed E-state index contributed by atoms with van der Waals surface area (Å²) in [6.07, 6.45) is 2.00. The quantitative estimate of drug-likeness (QED) is 0.704. The molecule has 1 aliphatic rings. The number of nitrogens with one attached hydrogen (secondary N) is 1. The van der Waals surface area contributed by atoms with Crippen LogP contribution in [0.25, 0.3) is 0 Å². The Bertz CT molecular complexity index is 174. The van der Waals surface area contributed by atoms with Crippen molar-refractivity contribution in [1.29, 1.82) is 0 Å². The standard InChI is InChI=1S/C12H25NO2/c1-10(2)6-12(3,14)9-13-7-11-4-5-15-8-11/h10-11,13-14H,4-9H2,1-3H3. The van der Waals surface area contributed by atoms with Crippen molar-refractivity contribution in [3.05, 3.63) is 0 Å². The Balaban J connectivity index is 2.11. The van der Waals surface area contributed by atoms with Crippen LogP contribution in [0, 0.1) is 11.8 Å². The van der Waals surface area contributed by atoms with Crippen LogP contribution in [0.3, 0.4) is 0 Å². The van der Waals surface area contributed by atoms with Crippen molar-refractivity contribution >= 4 is 0 Å². The number of hydrogen-bond acceptors (Lipinski definition) is 3. The fourth-order valence-corrected chi connectivity index (χ4v) is 2.24. The second-order valence-corrected chi connectivity index (χ2v) is 5.46. The van der Waals surface area contributed by atoms with Gasteiger partial charge in [0.1, 0.15) is 0 Å². The van der Waals surface area contributed by atoms with Crippen LogP contribution in [-0.2, 0) is 4.74 Å². The minimum absolute atomic E-state index is 0.539. The molecular formula is C12H25NO2. The molecule has 15 heavy (non-hydrogen) atoms. The fraction of sp³-hybridized carbons (Fsp3) is 1.00. The lowest BCUT2D eigenvalue weighted by Gasteiger charge is -2.26. The molecule has 90 valence electrons. The zero-order valence-electron chi connectivity index (χ0n) is 10.3. The molecule has 0 spiro atoms. The average molecular weight is 215 g/mol. The Morgan fingerprint density at radius 3 is 2.80 bits per heavy atom. The summed E-state index contributed by atoms with van der Waals surface area (Å²) in [5, 5.41) is 13.4. The summed E-state index contributed by atoms with van der Waals surface area (Å²) in [6, 6.07) is 0. The molecule has 1 saturated heterocycles. The molecular weight excluding hydrogens is 190 g/mol. The molecule has 3 heteroatoms. The van der Waals surface area contributed by atoms with Crippen molar-refractivity contribution in [3.8, 4) is 0 Å². The maximum absolute atomic E-state index is 10.1. The first-order valence-corrected chi connectivity index (χ1v) is 6.00. The van der Waals surface area contributed by atoms with Gasteiger partial charge in [-0.1, -0.05) is 13.8 Å². The minimum Gasteiger partial charge on any atom is -0.389 e. The molecule has 1 rings (SSSR count). The minimum atomic E-state index is -0.576. The number of ether oxygens (including phenoxy) is 1. The molecule has 0 amide bonds. The van der Waals surface area contributed by atoms with Gasteiger partial charge in [-0.25, -0.2) is 0 Å². The average Bonchev–Trinajstić information content (AvgIpc) is 2.53. The van der Waals surface area contributed by atoms with E-state index in [2.05, 4.69) is 19.2 Å². The monoisotopic (exact) mass is 215 g/mol. The number of aliphatic hydroxyl groups is 1. The van der Waals surface area contributed by atoms with Crippen LogP contribution in [0.15, 0.2) is 0 Å². The Labute approximate surface area is 93.2 Å². The van der Waals surface area contributed by atoms with E-state index < -0.39 is 5.60 Å². The molecule has 0 radical (unpaired) electrons. The molecule has 3 nitrogen and oxygen atoms in total. The van der Waals surface area contributed by atoms with Crippen molar-refractivity contribution in [2.75, 3.05) is 26.3 Å². The normalized spacial score (nSPS) is 25.8. The summed E-state index contributed by atoms with van der Waals surface area (Å²) >= 11 is 0. The smallest absolute Gasteiger partial charge is 0.0746 e. The van der Waals surface area contributed by atoms with Gasteiger partial charge >= 0.3 is 0 Å². The van der Waals surface area contributed by atoms with Crippen LogP contribution >= 0.6 is 0 Å². The van der Waals surface area contributed by atoms with Gasteiger partial charge in [-0.15, -0.1) is 0 Å². The van der Waals surface area contributed by atoms with Gasteiger partial charge < -0.3 is 15.2 Å². The lowest BCUT2D eigenvalue weighted by molar-refractivity contribution is 0.0376. The largest absolute Gasteiger partial charge is 0.389 e. The third-order valence-corrected chi connectivity index (χ3v) is 2.81. The highest BCUT2D eigenvalue weighted by Gasteiger charge is 2.22. The molecule has 1 aliphatic heterocycles. The summed E-state index contributed by atoms with van der Waals surface area (Å²) in [6.45, 7) is 9.60. The molecule has 0 aromatic carbocycles. The maximum Gasteiger partial charge on any atom is 0.0746 e. The highest BCUT2D eigenvalue weighted by atomic mass is 16.5. The zero-order chi connectivity index (χ0) is 11.3. The highest BCUT2D eigenvalue weighted by Crippen LogP contribution is 2.16. The molecule has 1 fully saturated rings. The first-order valence-electron chi connectivity index (χ1n) is 6.00. The molecule has 0 aliphatic carbocycles. The predicted molar refractivity (Wildman–Crippen MR) is 61.9 cm³/mol. The molecule has 0 saturated carbocycles. The van der Waals surface area contributed by atoms with E-state index in [-0.39, 0.29) is 0 Å². The molecule has 0 bridgehead atoms. The van der Waals surface area contributed by atoms with Crippen LogP contribution in [0.2, 0.25) is 0 Å². The Hall–Kier alpha value is -0.120. The van der Waals surface area contributed by atoms with E-state index in [0.29, 0.717) is 18.4 Å². The summed E-state index contributed by atoms with van der Waals surface area (Å²) in [7, 11) is 0. The van der Waals surface area contributed by atoms with Crippen LogP contribution < -0.4 is 5.32 Å². The summed E-state index contributed by atoms with van der Waals surface area (Å²) in [4.78, 5) is 0. The first kappa shape index (κ1) is 12.9. The van der Waals surface area contributed by atoms with E-state index >= 15 is 0 Å². The van der Waals surface area contributed by atoms with Crippen LogP contribution in [0.1, 0.15) is 33.6 Å². The molecule has 2 N–H and O–H groups in total. The lowest BCUT2D eigenvalue weighted by atomic mass is 9.94. The van der Waals surface area contributed by atoms with Gasteiger partial charge in [-0.3, -0.25) is 0 Å². The van der Waals surface area contributed by atoms with Crippen molar-refractivity contribution < 1.29 is 9.84 Å². The number of hydrogen-bond donors (Lipinski definition) is 2. The first-order chi connectivity index (χ1) is 6.99. The van der Waals surface area contributed by atoms with Gasteiger partial charge in [-0.05, 0) is 31.6 Å². The zero-order valence-corrected chi connectivity index (χ0v) is 10.3. The molecule has 0 aromatic heterocycles. The van der Waals surface area contributed by atoms with Gasteiger partial charge in [0, 0.05) is 19.7 Å². The third kappa shape index (κ3) is 5.50. The van der Waals surface area contributed by atoms with Crippen LogP contribution in [0.4, 0.5) is 0 Å². The van der Waals surface area contributed by atoms with E-state index in [9.17, 15) is 5.11 Å². The third-order valence-electron chi connectivity index (χ3n) is 2.81. The predicted octanol–water partition coefficient (Wildman–Crippen LogP) is 1.41. The highest BCUT2D eigenvalue weighted by molar-refractivity contribution is 4.78. The fourth-order valence-electron chi connectivity index (χ4n) is 2.24. The van der Waals surface area contributed by atoms with Crippen molar-refractivity contribution in [1.82, 2.24) is 5.32 Å². The molecule has 0 aromatic rings. The summed E-state index contributed by atoms with van der Waals surface area (Å²) in [5.41, 5.74) is -0.576. The summed E-state index contributed by atoms with van der Waals surface area (Å²) in [5.74, 6) is 1.18. The topological polar surface area (TPSA) is 41.5 Å². The van der Waals surface area contributed by atoms with Gasteiger partial charge in [0.15, 0.2) is 0 Å². The molecule has 2 unspecified atom stereocenters. The van der Waals surface area contributed by atoms with E-state index in [1.807, 2.05) is 6.92 Å². The second kappa shape index (κ2) is 5.83. The number of rotatable bonds is 6. The second-order valence-electron chi connectivity index (χ2n) is 5.46. The van der Waals surface area contributed by atoms with Crippen molar-refractivity contribution in [2.45, 2.75) is 39.2 Å². The van der Waals surface area contributed by atoms with E-state index in [4.69, 9.17) is 4.74 Å².